The summed E-state index contributed by atoms with van der Waals surface area (Å²) in [6.07, 6.45) is -0.0159. The lowest BCUT2D eigenvalue weighted by atomic mass is 10.2. The van der Waals surface area contributed by atoms with Gasteiger partial charge in [0.15, 0.2) is 11.6 Å². The monoisotopic (exact) mass is 699 g/mol. The third-order valence-electron chi connectivity index (χ3n) is 7.48. The van der Waals surface area contributed by atoms with E-state index in [0.717, 1.165) is 6.07 Å². The molecule has 3 aromatic carbocycles. The molecule has 2 aromatic heterocycles. The molecule has 0 bridgehead atoms. The van der Waals surface area contributed by atoms with E-state index >= 15 is 4.39 Å². The summed E-state index contributed by atoms with van der Waals surface area (Å²) in [7, 11) is 1.55. The number of hydrogen-bond acceptors (Lipinski definition) is 9. The second-order valence-electron chi connectivity index (χ2n) is 12.5. The van der Waals surface area contributed by atoms with E-state index in [1.54, 1.807) is 96.3 Å². The van der Waals surface area contributed by atoms with Gasteiger partial charge in [-0.3, -0.25) is 24.0 Å². The van der Waals surface area contributed by atoms with Gasteiger partial charge in [0.25, 0.3) is 11.5 Å². The van der Waals surface area contributed by atoms with Crippen molar-refractivity contribution in [2.45, 2.75) is 52.9 Å². The molecule has 5 aromatic rings. The Balaban J connectivity index is 1.34. The van der Waals surface area contributed by atoms with Crippen LogP contribution in [0.15, 0.2) is 83.8 Å². The van der Waals surface area contributed by atoms with Crippen LogP contribution in [0.25, 0.3) is 16.6 Å². The standard InChI is InChI=1S/C37H38FN5O8/c1-22(49-32(44)20-40-36(47)51-37(3,4)5)21-42-23(2)33(35(46)43(42)25-10-8-7-9-11-25)34(45)41-24-12-15-31(28(38)18-24)50-30-16-17-39-29-19-26(48-6)13-14-27(29)30/h7-19,22H,20-21H2,1-6H3,(H,40,47)(H,41,45). The summed E-state index contributed by atoms with van der Waals surface area (Å²) in [5.41, 5.74) is -0.140. The molecule has 0 spiro atoms. The maximum absolute atomic E-state index is 15.3. The number of carbonyl (C=O) groups excluding carboxylic acids is 3. The molecule has 2 amide bonds. The van der Waals surface area contributed by atoms with Crippen LogP contribution in [-0.2, 0) is 20.8 Å². The van der Waals surface area contributed by atoms with Crippen molar-refractivity contribution in [2.24, 2.45) is 0 Å². The fourth-order valence-corrected chi connectivity index (χ4v) is 5.25. The summed E-state index contributed by atoms with van der Waals surface area (Å²) in [5, 5.41) is 5.60. The van der Waals surface area contributed by atoms with Crippen molar-refractivity contribution in [3.05, 3.63) is 106 Å². The van der Waals surface area contributed by atoms with Gasteiger partial charge in [-0.15, -0.1) is 0 Å². The summed E-state index contributed by atoms with van der Waals surface area (Å²) in [6, 6.07) is 19.4. The number of benzene rings is 3. The number of aromatic nitrogens is 3. The fourth-order valence-electron chi connectivity index (χ4n) is 5.25. The molecule has 1 unspecified atom stereocenters. The first-order valence-corrected chi connectivity index (χ1v) is 16.0. The first-order chi connectivity index (χ1) is 24.2. The van der Waals surface area contributed by atoms with Gasteiger partial charge in [0.2, 0.25) is 0 Å². The van der Waals surface area contributed by atoms with Crippen molar-refractivity contribution in [3.63, 3.8) is 0 Å². The van der Waals surface area contributed by atoms with Gasteiger partial charge in [-0.05, 0) is 77.1 Å². The van der Waals surface area contributed by atoms with E-state index in [9.17, 15) is 19.2 Å². The number of halogens is 1. The molecule has 0 aliphatic carbocycles. The van der Waals surface area contributed by atoms with E-state index < -0.39 is 47.6 Å². The summed E-state index contributed by atoms with van der Waals surface area (Å²) >= 11 is 0. The predicted molar refractivity (Wildman–Crippen MR) is 187 cm³/mol. The van der Waals surface area contributed by atoms with Crippen molar-refractivity contribution < 1.29 is 37.7 Å². The number of amides is 2. The molecule has 13 nitrogen and oxygen atoms in total. The Morgan fingerprint density at radius 3 is 2.41 bits per heavy atom. The highest BCUT2D eigenvalue weighted by molar-refractivity contribution is 6.05. The minimum Gasteiger partial charge on any atom is -0.497 e. The predicted octanol–water partition coefficient (Wildman–Crippen LogP) is 6.14. The Labute approximate surface area is 292 Å². The number of alkyl carbamates (subject to hydrolysis) is 1. The van der Waals surface area contributed by atoms with E-state index in [1.807, 2.05) is 0 Å². The van der Waals surface area contributed by atoms with E-state index in [2.05, 4.69) is 15.6 Å². The highest BCUT2D eigenvalue weighted by Gasteiger charge is 2.26. The minimum absolute atomic E-state index is 0.0153. The molecule has 51 heavy (non-hydrogen) atoms. The van der Waals surface area contributed by atoms with Crippen molar-refractivity contribution in [2.75, 3.05) is 19.0 Å². The number of anilines is 1. The van der Waals surface area contributed by atoms with Crippen LogP contribution in [0, 0.1) is 12.7 Å². The lowest BCUT2D eigenvalue weighted by Crippen LogP contribution is -2.37. The van der Waals surface area contributed by atoms with Crippen molar-refractivity contribution >= 4 is 34.6 Å². The molecule has 0 aliphatic heterocycles. The zero-order chi connectivity index (χ0) is 36.9. The molecule has 0 radical (unpaired) electrons. The zero-order valence-corrected chi connectivity index (χ0v) is 29.0. The Bertz CT molecular complexity index is 2140. The largest absolute Gasteiger partial charge is 0.497 e. The van der Waals surface area contributed by atoms with E-state index in [1.165, 1.54) is 27.7 Å². The Morgan fingerprint density at radius 1 is 0.980 bits per heavy atom. The van der Waals surface area contributed by atoms with E-state index in [4.69, 9.17) is 18.9 Å². The zero-order valence-electron chi connectivity index (χ0n) is 29.0. The highest BCUT2D eigenvalue weighted by atomic mass is 19.1. The number of hydrogen-bond donors (Lipinski definition) is 2. The van der Waals surface area contributed by atoms with Gasteiger partial charge in [0.05, 0.1) is 30.6 Å². The molecule has 0 saturated heterocycles. The number of fused-ring (bicyclic) bond motifs is 1. The van der Waals surface area contributed by atoms with Crippen molar-refractivity contribution in [1.29, 1.82) is 0 Å². The van der Waals surface area contributed by atoms with Gasteiger partial charge in [0.1, 0.15) is 35.3 Å². The molecule has 2 N–H and O–H groups in total. The maximum atomic E-state index is 15.3. The summed E-state index contributed by atoms with van der Waals surface area (Å²) in [5.74, 6) is -1.35. The average molecular weight is 700 g/mol. The lowest BCUT2D eigenvalue weighted by molar-refractivity contribution is -0.147. The number of rotatable bonds is 11. The number of carbonyl (C=O) groups is 3. The molecule has 1 atom stereocenters. The molecular weight excluding hydrogens is 661 g/mol. The van der Waals surface area contributed by atoms with Gasteiger partial charge >= 0.3 is 12.1 Å². The van der Waals surface area contributed by atoms with Crippen LogP contribution in [0.5, 0.6) is 17.2 Å². The fraction of sp³-hybridized carbons (Fsp3) is 0.270. The van der Waals surface area contributed by atoms with Crippen LogP contribution >= 0.6 is 0 Å². The Hall–Kier alpha value is -6.18. The first kappa shape index (κ1) is 36.1. The SMILES string of the molecule is COc1ccc2c(Oc3ccc(NC(=O)c4c(C)n(CC(C)OC(=O)CNC(=O)OC(C)(C)C)n(-c5ccccc5)c4=O)cc3F)ccnc2c1. The number of nitrogens with one attached hydrogen (secondary N) is 2. The number of pyridine rings is 1. The third kappa shape index (κ3) is 8.71. The van der Waals surface area contributed by atoms with Crippen molar-refractivity contribution in [3.8, 4) is 22.9 Å². The smallest absolute Gasteiger partial charge is 0.408 e. The van der Waals surface area contributed by atoms with Crippen LogP contribution in [0.3, 0.4) is 0 Å². The number of methoxy groups -OCH3 is 1. The van der Waals surface area contributed by atoms with Gasteiger partial charge in [-0.2, -0.15) is 0 Å². The molecule has 266 valence electrons. The number of para-hydroxylation sites is 1. The third-order valence-corrected chi connectivity index (χ3v) is 7.48. The number of nitrogens with zero attached hydrogens (tertiary/aromatic N) is 3. The molecule has 0 saturated carbocycles. The van der Waals surface area contributed by atoms with Gasteiger partial charge < -0.3 is 29.6 Å². The Kier molecular flexibility index (Phi) is 10.7. The summed E-state index contributed by atoms with van der Waals surface area (Å²) in [6.45, 7) is 7.84. The summed E-state index contributed by atoms with van der Waals surface area (Å²) in [4.78, 5) is 56.2. The number of esters is 1. The topological polar surface area (TPSA) is 152 Å². The molecule has 0 fully saturated rings. The normalized spacial score (nSPS) is 11.8. The molecule has 0 aliphatic rings. The Morgan fingerprint density at radius 2 is 1.73 bits per heavy atom. The van der Waals surface area contributed by atoms with Crippen LogP contribution in [-0.4, -0.2) is 57.7 Å². The van der Waals surface area contributed by atoms with E-state index in [0.29, 0.717) is 28.1 Å². The maximum Gasteiger partial charge on any atom is 0.408 e. The van der Waals surface area contributed by atoms with Crippen LogP contribution in [0.1, 0.15) is 43.7 Å². The molecular formula is C37H38FN5O8. The first-order valence-electron chi connectivity index (χ1n) is 16.0. The van der Waals surface area contributed by atoms with Crippen LogP contribution in [0.4, 0.5) is 14.9 Å². The van der Waals surface area contributed by atoms with E-state index in [-0.39, 0.29) is 29.2 Å². The van der Waals surface area contributed by atoms with Crippen molar-refractivity contribution in [1.82, 2.24) is 19.7 Å². The lowest BCUT2D eigenvalue weighted by Gasteiger charge is -2.20. The minimum atomic E-state index is -0.782. The van der Waals surface area contributed by atoms with Gasteiger partial charge in [-0.25, -0.2) is 13.9 Å². The average Bonchev–Trinajstić information content (AvgIpc) is 3.32. The second-order valence-corrected chi connectivity index (χ2v) is 12.5. The highest BCUT2D eigenvalue weighted by Crippen LogP contribution is 2.33. The molecule has 5 rings (SSSR count). The quantitative estimate of drug-likeness (QED) is 0.155. The van der Waals surface area contributed by atoms with Gasteiger partial charge in [0, 0.05) is 29.4 Å². The van der Waals surface area contributed by atoms with Crippen LogP contribution in [0.2, 0.25) is 0 Å². The molecule has 14 heteroatoms. The number of ether oxygens (including phenoxy) is 4. The summed E-state index contributed by atoms with van der Waals surface area (Å²) < 4.78 is 39.9. The molecule has 2 heterocycles. The second kappa shape index (κ2) is 15.2. The van der Waals surface area contributed by atoms with Crippen LogP contribution < -0.4 is 25.7 Å². The van der Waals surface area contributed by atoms with Gasteiger partial charge in [-0.1, -0.05) is 18.2 Å².